The molecule has 20 heavy (non-hydrogen) atoms. The van der Waals surface area contributed by atoms with Crippen LogP contribution in [0.3, 0.4) is 0 Å². The van der Waals surface area contributed by atoms with Gasteiger partial charge in [0.05, 0.1) is 11.4 Å². The van der Waals surface area contributed by atoms with E-state index in [4.69, 9.17) is 12.2 Å². The Labute approximate surface area is 127 Å². The molecule has 0 unspecified atom stereocenters. The highest BCUT2D eigenvalue weighted by atomic mass is 32.1. The summed E-state index contributed by atoms with van der Waals surface area (Å²) in [4.78, 5) is 6.27. The highest BCUT2D eigenvalue weighted by Crippen LogP contribution is 2.01. The molecule has 110 valence electrons. The molecule has 0 spiro atoms. The molecule has 0 radical (unpaired) electrons. The molecule has 0 saturated heterocycles. The Balaban J connectivity index is 2.38. The lowest BCUT2D eigenvalue weighted by atomic mass is 10.2. The molecule has 0 fully saturated rings. The van der Waals surface area contributed by atoms with E-state index in [0.29, 0.717) is 5.11 Å². The first kappa shape index (κ1) is 16.6. The molecule has 1 aromatic heterocycles. The summed E-state index contributed by atoms with van der Waals surface area (Å²) < 4.78 is 0. The van der Waals surface area contributed by atoms with Gasteiger partial charge >= 0.3 is 0 Å². The topological polar surface area (TPSA) is 40.5 Å². The highest BCUT2D eigenvalue weighted by Gasteiger charge is 2.03. The van der Waals surface area contributed by atoms with Crippen molar-refractivity contribution in [2.24, 2.45) is 5.10 Å². The van der Waals surface area contributed by atoms with Crippen LogP contribution in [0.4, 0.5) is 0 Å². The van der Waals surface area contributed by atoms with Crippen LogP contribution < -0.4 is 5.43 Å². The van der Waals surface area contributed by atoms with Gasteiger partial charge in [0, 0.05) is 19.8 Å². The van der Waals surface area contributed by atoms with Gasteiger partial charge in [-0.3, -0.25) is 10.4 Å². The van der Waals surface area contributed by atoms with E-state index < -0.39 is 0 Å². The lowest BCUT2D eigenvalue weighted by Gasteiger charge is -2.19. The molecule has 0 amide bonds. The van der Waals surface area contributed by atoms with Crippen molar-refractivity contribution >= 4 is 23.0 Å². The zero-order valence-corrected chi connectivity index (χ0v) is 13.4. The summed E-state index contributed by atoms with van der Waals surface area (Å²) in [6.45, 7) is 5.09. The maximum Gasteiger partial charge on any atom is 0.189 e. The molecule has 0 aromatic carbocycles. The second kappa shape index (κ2) is 9.42. The van der Waals surface area contributed by atoms with Crippen LogP contribution in [0.25, 0.3) is 0 Å². The van der Waals surface area contributed by atoms with Crippen molar-refractivity contribution in [1.29, 1.82) is 0 Å². The number of rotatable bonds is 7. The van der Waals surface area contributed by atoms with Crippen molar-refractivity contribution < 1.29 is 0 Å². The SMILES string of the molecule is CCCCCCN(C)C(=S)N/N=C(\C)c1ccccn1. The van der Waals surface area contributed by atoms with E-state index in [-0.39, 0.29) is 0 Å². The third kappa shape index (κ3) is 6.10. The molecule has 0 saturated carbocycles. The molecular weight excluding hydrogens is 268 g/mol. The van der Waals surface area contributed by atoms with Crippen molar-refractivity contribution in [1.82, 2.24) is 15.3 Å². The van der Waals surface area contributed by atoms with E-state index in [1.165, 1.54) is 19.3 Å². The third-order valence-electron chi connectivity index (χ3n) is 3.05. The quantitative estimate of drug-likeness (QED) is 0.363. The number of nitrogens with one attached hydrogen (secondary N) is 1. The molecule has 0 aliphatic rings. The second-order valence-corrected chi connectivity index (χ2v) is 5.20. The molecule has 5 heteroatoms. The number of nitrogens with zero attached hydrogens (tertiary/aromatic N) is 3. The van der Waals surface area contributed by atoms with Gasteiger partial charge < -0.3 is 4.90 Å². The monoisotopic (exact) mass is 292 g/mol. The summed E-state index contributed by atoms with van der Waals surface area (Å²) in [5.41, 5.74) is 4.61. The molecular formula is C15H24N4S. The Morgan fingerprint density at radius 3 is 2.80 bits per heavy atom. The fourth-order valence-electron chi connectivity index (χ4n) is 1.73. The van der Waals surface area contributed by atoms with Crippen LogP contribution in [-0.2, 0) is 0 Å². The van der Waals surface area contributed by atoms with Gasteiger partial charge in [-0.15, -0.1) is 0 Å². The molecule has 0 aliphatic carbocycles. The predicted molar refractivity (Wildman–Crippen MR) is 89.0 cm³/mol. The van der Waals surface area contributed by atoms with Crippen LogP contribution in [-0.4, -0.2) is 34.3 Å². The van der Waals surface area contributed by atoms with Crippen molar-refractivity contribution in [3.05, 3.63) is 30.1 Å². The fourth-order valence-corrected chi connectivity index (χ4v) is 1.87. The van der Waals surface area contributed by atoms with Gasteiger partial charge in [-0.25, -0.2) is 0 Å². The Hall–Kier alpha value is -1.49. The first-order valence-electron chi connectivity index (χ1n) is 7.12. The minimum Gasteiger partial charge on any atom is -0.351 e. The minimum atomic E-state index is 0.650. The van der Waals surface area contributed by atoms with Gasteiger partial charge in [0.25, 0.3) is 0 Å². The van der Waals surface area contributed by atoms with Crippen molar-refractivity contribution in [3.8, 4) is 0 Å². The standard InChI is InChI=1S/C15H24N4S/c1-4-5-6-9-12-19(3)15(20)18-17-13(2)14-10-7-8-11-16-14/h7-8,10-11H,4-6,9,12H2,1-3H3,(H,18,20)/b17-13+. The summed E-state index contributed by atoms with van der Waals surface area (Å²) in [5, 5.41) is 4.93. The lowest BCUT2D eigenvalue weighted by Crippen LogP contribution is -2.35. The van der Waals surface area contributed by atoms with Gasteiger partial charge in [0.2, 0.25) is 0 Å². The molecule has 1 heterocycles. The minimum absolute atomic E-state index is 0.650. The second-order valence-electron chi connectivity index (χ2n) is 4.81. The molecule has 1 N–H and O–H groups in total. The first-order valence-corrected chi connectivity index (χ1v) is 7.52. The van der Waals surface area contributed by atoms with E-state index in [1.807, 2.05) is 37.1 Å². The zero-order valence-electron chi connectivity index (χ0n) is 12.6. The number of aromatic nitrogens is 1. The van der Waals surface area contributed by atoms with Gasteiger partial charge in [-0.05, 0) is 37.7 Å². The smallest absolute Gasteiger partial charge is 0.189 e. The van der Waals surface area contributed by atoms with Crippen molar-refractivity contribution in [3.63, 3.8) is 0 Å². The molecule has 4 nitrogen and oxygen atoms in total. The summed E-state index contributed by atoms with van der Waals surface area (Å²) >= 11 is 5.31. The normalized spacial score (nSPS) is 11.2. The van der Waals surface area contributed by atoms with Gasteiger partial charge in [0.15, 0.2) is 5.11 Å². The molecule has 1 aromatic rings. The maximum atomic E-state index is 5.31. The van der Waals surface area contributed by atoms with Crippen LogP contribution >= 0.6 is 12.2 Å². The average Bonchev–Trinajstić information content (AvgIpc) is 2.49. The van der Waals surface area contributed by atoms with Crippen molar-refractivity contribution in [2.75, 3.05) is 13.6 Å². The molecule has 0 bridgehead atoms. The summed E-state index contributed by atoms with van der Waals surface area (Å²) in [7, 11) is 1.99. The van der Waals surface area contributed by atoms with E-state index >= 15 is 0 Å². The van der Waals surface area contributed by atoms with E-state index in [0.717, 1.165) is 24.4 Å². The first-order chi connectivity index (χ1) is 9.65. The third-order valence-corrected chi connectivity index (χ3v) is 3.45. The van der Waals surface area contributed by atoms with Crippen LogP contribution in [0.5, 0.6) is 0 Å². The molecule has 1 rings (SSSR count). The predicted octanol–water partition coefficient (Wildman–Crippen LogP) is 3.19. The zero-order chi connectivity index (χ0) is 14.8. The molecule has 0 aliphatic heterocycles. The number of thiocarbonyl (C=S) groups is 1. The Kier molecular flexibility index (Phi) is 7.80. The summed E-state index contributed by atoms with van der Waals surface area (Å²) in [6.07, 6.45) is 6.70. The average molecular weight is 292 g/mol. The van der Waals surface area contributed by atoms with E-state index in [1.54, 1.807) is 6.20 Å². The van der Waals surface area contributed by atoms with Crippen LogP contribution in [0.1, 0.15) is 45.2 Å². The number of pyridine rings is 1. The Morgan fingerprint density at radius 2 is 2.15 bits per heavy atom. The summed E-state index contributed by atoms with van der Waals surface area (Å²) in [5.74, 6) is 0. The highest BCUT2D eigenvalue weighted by molar-refractivity contribution is 7.80. The van der Waals surface area contributed by atoms with Crippen LogP contribution in [0.15, 0.2) is 29.5 Å². The number of hydrazone groups is 1. The summed E-state index contributed by atoms with van der Waals surface area (Å²) in [6, 6.07) is 5.76. The van der Waals surface area contributed by atoms with Crippen LogP contribution in [0, 0.1) is 0 Å². The van der Waals surface area contributed by atoms with Gasteiger partial charge in [0.1, 0.15) is 0 Å². The van der Waals surface area contributed by atoms with Gasteiger partial charge in [-0.1, -0.05) is 32.3 Å². The van der Waals surface area contributed by atoms with Crippen LogP contribution in [0.2, 0.25) is 0 Å². The van der Waals surface area contributed by atoms with Gasteiger partial charge in [-0.2, -0.15) is 5.10 Å². The Morgan fingerprint density at radius 1 is 1.35 bits per heavy atom. The van der Waals surface area contributed by atoms with E-state index in [9.17, 15) is 0 Å². The fraction of sp³-hybridized carbons (Fsp3) is 0.533. The molecule has 0 atom stereocenters. The largest absolute Gasteiger partial charge is 0.351 e. The van der Waals surface area contributed by atoms with E-state index in [2.05, 4.69) is 22.4 Å². The Bertz CT molecular complexity index is 431. The van der Waals surface area contributed by atoms with Crippen molar-refractivity contribution in [2.45, 2.75) is 39.5 Å². The number of hydrogen-bond acceptors (Lipinski definition) is 3. The number of unbranched alkanes of at least 4 members (excludes halogenated alkanes) is 3. The lowest BCUT2D eigenvalue weighted by molar-refractivity contribution is 0.464. The maximum absolute atomic E-state index is 5.31. The number of hydrogen-bond donors (Lipinski definition) is 1.